The molecule has 0 amide bonds. The van der Waals surface area contributed by atoms with Gasteiger partial charge in [-0.05, 0) is 52.4 Å². The molecule has 0 N–H and O–H groups in total. The zero-order valence-electron chi connectivity index (χ0n) is 22.6. The van der Waals surface area contributed by atoms with Crippen LogP contribution in [0, 0.1) is 0 Å². The van der Waals surface area contributed by atoms with E-state index in [0.717, 1.165) is 17.6 Å². The van der Waals surface area contributed by atoms with Gasteiger partial charge in [-0.15, -0.1) is 0 Å². The first-order chi connectivity index (χ1) is 17.2. The minimum Gasteiger partial charge on any atom is -0.418 e. The minimum absolute atomic E-state index is 0.286. The van der Waals surface area contributed by atoms with Crippen LogP contribution in [-0.2, 0) is 14.2 Å². The summed E-state index contributed by atoms with van der Waals surface area (Å²) in [5, 5.41) is 0. The van der Waals surface area contributed by atoms with E-state index in [4.69, 9.17) is 14.2 Å². The molecule has 37 heavy (non-hydrogen) atoms. The molecule has 0 aromatic carbocycles. The second kappa shape index (κ2) is 18.6. The Hall–Kier alpha value is -0.630. The largest absolute Gasteiger partial charge is 0.673 e. The number of quaternary nitrogens is 2. The van der Waals surface area contributed by atoms with E-state index >= 15 is 0 Å². The summed E-state index contributed by atoms with van der Waals surface area (Å²) in [7, 11) is -12.0. The Morgan fingerprint density at radius 1 is 0.595 bits per heavy atom. The van der Waals surface area contributed by atoms with Crippen molar-refractivity contribution in [3.8, 4) is 0 Å². The van der Waals surface area contributed by atoms with Crippen LogP contribution in [-0.4, -0.2) is 109 Å². The smallest absolute Gasteiger partial charge is 0.418 e. The molecule has 1 unspecified atom stereocenters. The molecule has 5 nitrogen and oxygen atoms in total. The van der Waals surface area contributed by atoms with Crippen molar-refractivity contribution < 1.29 is 57.7 Å². The van der Waals surface area contributed by atoms with Crippen molar-refractivity contribution in [1.29, 1.82) is 0 Å². The summed E-state index contributed by atoms with van der Waals surface area (Å²) in [6, 6.07) is 0. The van der Waals surface area contributed by atoms with Gasteiger partial charge in [-0.2, -0.15) is 0 Å². The summed E-state index contributed by atoms with van der Waals surface area (Å²) in [6.07, 6.45) is 8.53. The molecule has 0 aromatic rings. The van der Waals surface area contributed by atoms with Gasteiger partial charge in [0.25, 0.3) is 0 Å². The first-order valence-electron chi connectivity index (χ1n) is 13.4. The summed E-state index contributed by atoms with van der Waals surface area (Å²) < 4.78 is 98.0. The molecule has 2 rings (SSSR count). The first-order valence-corrected chi connectivity index (χ1v) is 13.4. The number of likely N-dealkylation sites (tertiary alicyclic amines) is 2. The Bertz CT molecular complexity index is 539. The number of ether oxygens (including phenoxy) is 3. The van der Waals surface area contributed by atoms with Crippen LogP contribution in [0.3, 0.4) is 0 Å². The van der Waals surface area contributed by atoms with Gasteiger partial charge in [0.05, 0.1) is 72.3 Å². The van der Waals surface area contributed by atoms with Gasteiger partial charge >= 0.3 is 14.5 Å². The third-order valence-electron chi connectivity index (χ3n) is 7.21. The summed E-state index contributed by atoms with van der Waals surface area (Å²) in [6.45, 7) is 19.3. The van der Waals surface area contributed by atoms with Crippen LogP contribution in [0.4, 0.5) is 34.5 Å². The van der Waals surface area contributed by atoms with Crippen molar-refractivity contribution in [2.24, 2.45) is 0 Å². The van der Waals surface area contributed by atoms with Crippen molar-refractivity contribution in [2.45, 2.75) is 65.5 Å². The van der Waals surface area contributed by atoms with Crippen molar-refractivity contribution in [3.05, 3.63) is 0 Å². The third-order valence-corrected chi connectivity index (χ3v) is 7.21. The second-order valence-corrected chi connectivity index (χ2v) is 9.62. The van der Waals surface area contributed by atoms with Gasteiger partial charge in [0.1, 0.15) is 6.54 Å². The van der Waals surface area contributed by atoms with Gasteiger partial charge in [0.2, 0.25) is 0 Å². The molecule has 2 saturated heterocycles. The fraction of sp³-hybridized carbons (Fsp3) is 1.00. The highest BCUT2D eigenvalue weighted by atomic mass is 19.5. The van der Waals surface area contributed by atoms with Gasteiger partial charge in [-0.1, -0.05) is 0 Å². The highest BCUT2D eigenvalue weighted by Gasteiger charge is 2.34. The second-order valence-electron chi connectivity index (χ2n) is 9.62. The number of nitrogens with zero attached hydrogens (tertiary/aromatic N) is 2. The maximum atomic E-state index is 9.75. The van der Waals surface area contributed by atoms with E-state index in [1.54, 1.807) is 0 Å². The third kappa shape index (κ3) is 20.0. The van der Waals surface area contributed by atoms with Gasteiger partial charge in [0.15, 0.2) is 6.23 Å². The summed E-state index contributed by atoms with van der Waals surface area (Å²) in [5.74, 6) is 0. The maximum Gasteiger partial charge on any atom is 0.673 e. The summed E-state index contributed by atoms with van der Waals surface area (Å²) in [4.78, 5) is 0. The van der Waals surface area contributed by atoms with Crippen molar-refractivity contribution in [1.82, 2.24) is 0 Å². The van der Waals surface area contributed by atoms with Crippen molar-refractivity contribution in [3.63, 3.8) is 0 Å². The number of hydrogen-bond donors (Lipinski definition) is 0. The van der Waals surface area contributed by atoms with E-state index in [1.807, 2.05) is 0 Å². The molecular formula is C22H46B2F8N2O3. The van der Waals surface area contributed by atoms with Gasteiger partial charge in [-0.25, -0.2) is 0 Å². The van der Waals surface area contributed by atoms with Crippen LogP contribution in [0.1, 0.15) is 59.3 Å². The van der Waals surface area contributed by atoms with E-state index < -0.39 is 14.5 Å². The average molecular weight is 560 g/mol. The summed E-state index contributed by atoms with van der Waals surface area (Å²) in [5.41, 5.74) is 0. The molecule has 15 heteroatoms. The zero-order chi connectivity index (χ0) is 28.4. The molecule has 0 spiro atoms. The fourth-order valence-corrected chi connectivity index (χ4v) is 4.98. The topological polar surface area (TPSA) is 27.7 Å². The monoisotopic (exact) mass is 560 g/mol. The van der Waals surface area contributed by atoms with E-state index in [0.29, 0.717) is 26.4 Å². The summed E-state index contributed by atoms with van der Waals surface area (Å²) >= 11 is 0. The Balaban J connectivity index is 0.00000110. The Kier molecular flexibility index (Phi) is 18.3. The Morgan fingerprint density at radius 2 is 1.00 bits per heavy atom. The zero-order valence-corrected chi connectivity index (χ0v) is 22.6. The van der Waals surface area contributed by atoms with Crippen LogP contribution in [0.25, 0.3) is 0 Å². The lowest BCUT2D eigenvalue weighted by atomic mass is 10.1. The average Bonchev–Trinajstić information content (AvgIpc) is 2.81. The molecule has 2 aliphatic heterocycles. The van der Waals surface area contributed by atoms with E-state index in [9.17, 15) is 34.5 Å². The number of piperidine rings is 2. The first kappa shape index (κ1) is 36.4. The molecule has 224 valence electrons. The van der Waals surface area contributed by atoms with E-state index in [1.165, 1.54) is 82.3 Å². The van der Waals surface area contributed by atoms with Crippen molar-refractivity contribution in [2.75, 3.05) is 78.8 Å². The molecule has 2 aliphatic rings. The number of likely N-dealkylation sites (N-methyl/N-ethyl adjacent to an activating group) is 1. The quantitative estimate of drug-likeness (QED) is 0.119. The van der Waals surface area contributed by atoms with Crippen LogP contribution in [0.2, 0.25) is 0 Å². The molecule has 2 fully saturated rings. The Morgan fingerprint density at radius 3 is 1.43 bits per heavy atom. The minimum atomic E-state index is -6.00. The fourth-order valence-electron chi connectivity index (χ4n) is 4.98. The molecule has 0 aromatic heterocycles. The van der Waals surface area contributed by atoms with Crippen LogP contribution >= 0.6 is 0 Å². The normalized spacial score (nSPS) is 20.2. The van der Waals surface area contributed by atoms with Crippen LogP contribution in [0.15, 0.2) is 0 Å². The molecule has 0 aliphatic carbocycles. The number of rotatable bonds is 13. The highest BCUT2D eigenvalue weighted by Crippen LogP contribution is 2.23. The number of hydrogen-bond acceptors (Lipinski definition) is 3. The van der Waals surface area contributed by atoms with E-state index in [-0.39, 0.29) is 6.23 Å². The van der Waals surface area contributed by atoms with Gasteiger partial charge in [0, 0.05) is 6.92 Å². The lowest BCUT2D eigenvalue weighted by Gasteiger charge is -2.44. The van der Waals surface area contributed by atoms with Gasteiger partial charge < -0.3 is 53.2 Å². The highest BCUT2D eigenvalue weighted by molar-refractivity contribution is 6.50. The maximum absolute atomic E-state index is 9.75. The lowest BCUT2D eigenvalue weighted by molar-refractivity contribution is -0.972. The SMILES string of the molecule is CC[N+]1(CCOCCOCCOC(C)[N+]2(CC)CCCCC2)CCCCC1.F[B-](F)(F)F.F[B-](F)(F)F. The molecule has 1 atom stereocenters. The van der Waals surface area contributed by atoms with Gasteiger partial charge in [-0.3, -0.25) is 4.48 Å². The van der Waals surface area contributed by atoms with Crippen molar-refractivity contribution >= 4 is 14.5 Å². The lowest BCUT2D eigenvalue weighted by Crippen LogP contribution is -2.58. The van der Waals surface area contributed by atoms with Crippen LogP contribution < -0.4 is 0 Å². The molecule has 0 saturated carbocycles. The predicted octanol–water partition coefficient (Wildman–Crippen LogP) is 6.02. The van der Waals surface area contributed by atoms with E-state index in [2.05, 4.69) is 20.8 Å². The predicted molar refractivity (Wildman–Crippen MR) is 131 cm³/mol. The van der Waals surface area contributed by atoms with Crippen LogP contribution in [0.5, 0.6) is 0 Å². The molecule has 0 radical (unpaired) electrons. The molecule has 0 bridgehead atoms. The molecule has 2 heterocycles. The number of halogens is 8. The Labute approximate surface area is 217 Å². The molecular weight excluding hydrogens is 514 g/mol. The standard InChI is InChI=1S/C22H46N2O3.2BF4/c1-4-23(12-8-6-9-13-23)16-17-25-18-19-26-20-21-27-22(3)24(5-2)14-10-7-11-15-24;2*2-1(3,4)5/h22H,4-21H2,1-3H3;;/q+2;2*-1.